The highest BCUT2D eigenvalue weighted by atomic mass is 32.2. The van der Waals surface area contributed by atoms with Crippen molar-refractivity contribution >= 4 is 23.2 Å². The number of nitrogens with two attached hydrogens (primary N) is 1. The van der Waals surface area contributed by atoms with Gasteiger partial charge in [0.15, 0.2) is 5.78 Å². The van der Waals surface area contributed by atoms with E-state index in [1.54, 1.807) is 11.8 Å². The van der Waals surface area contributed by atoms with Crippen LogP contribution < -0.4 is 5.73 Å². The Morgan fingerprint density at radius 1 is 1.50 bits per heavy atom. The van der Waals surface area contributed by atoms with Gasteiger partial charge in [0.25, 0.3) is 0 Å². The minimum Gasteiger partial charge on any atom is -0.398 e. The second-order valence-electron chi connectivity index (χ2n) is 3.74. The third kappa shape index (κ3) is 1.16. The Bertz CT molecular complexity index is 402. The fraction of sp³-hybridized carbons (Fsp3) is 0.364. The lowest BCUT2D eigenvalue weighted by Gasteiger charge is -2.17. The largest absolute Gasteiger partial charge is 0.398 e. The summed E-state index contributed by atoms with van der Waals surface area (Å²) in [5.74, 6) is 0.215. The number of benzene rings is 1. The first-order chi connectivity index (χ1) is 6.58. The van der Waals surface area contributed by atoms with E-state index in [1.165, 1.54) is 0 Å². The van der Waals surface area contributed by atoms with E-state index in [4.69, 9.17) is 5.73 Å². The number of nitrogen functional groups attached to an aromatic ring is 1. The number of hydrogen-bond donors (Lipinski definition) is 1. The highest BCUT2D eigenvalue weighted by Crippen LogP contribution is 2.48. The minimum absolute atomic E-state index is 0.215. The molecule has 0 saturated carbocycles. The molecule has 2 rings (SSSR count). The molecule has 1 atom stereocenters. The number of Topliss-reactive ketones (excluding diaryl/α,β-unsaturated/α-hetero) is 1. The third-order valence-corrected chi connectivity index (χ3v) is 4.36. The van der Waals surface area contributed by atoms with E-state index in [-0.39, 0.29) is 10.5 Å². The van der Waals surface area contributed by atoms with Crippen molar-refractivity contribution in [3.8, 4) is 0 Å². The molecule has 0 aliphatic carbocycles. The molecule has 0 amide bonds. The molecule has 0 saturated heterocycles. The van der Waals surface area contributed by atoms with E-state index >= 15 is 0 Å². The highest BCUT2D eigenvalue weighted by molar-refractivity contribution is 8.02. The third-order valence-electron chi connectivity index (χ3n) is 2.77. The fourth-order valence-electron chi connectivity index (χ4n) is 1.64. The Balaban J connectivity index is 2.56. The molecule has 3 heteroatoms. The van der Waals surface area contributed by atoms with Gasteiger partial charge in [0.1, 0.15) is 0 Å². The smallest absolute Gasteiger partial charge is 0.180 e. The van der Waals surface area contributed by atoms with Gasteiger partial charge < -0.3 is 5.73 Å². The van der Waals surface area contributed by atoms with Crippen LogP contribution in [0.5, 0.6) is 0 Å². The molecule has 0 fully saturated rings. The van der Waals surface area contributed by atoms with E-state index in [2.05, 4.69) is 0 Å². The van der Waals surface area contributed by atoms with Gasteiger partial charge in [0.2, 0.25) is 0 Å². The molecule has 74 valence electrons. The first kappa shape index (κ1) is 9.59. The van der Waals surface area contributed by atoms with E-state index < -0.39 is 0 Å². The lowest BCUT2D eigenvalue weighted by molar-refractivity contribution is 0.0952. The first-order valence-electron chi connectivity index (χ1n) is 4.71. The van der Waals surface area contributed by atoms with Crippen molar-refractivity contribution in [1.29, 1.82) is 0 Å². The maximum atomic E-state index is 12.0. The van der Waals surface area contributed by atoms with Crippen molar-refractivity contribution < 1.29 is 4.79 Å². The topological polar surface area (TPSA) is 43.1 Å². The van der Waals surface area contributed by atoms with Crippen LogP contribution in [0.15, 0.2) is 23.1 Å². The molecule has 2 nitrogen and oxygen atoms in total. The first-order valence-corrected chi connectivity index (χ1v) is 5.52. The molecule has 1 aliphatic rings. The van der Waals surface area contributed by atoms with Crippen molar-refractivity contribution in [1.82, 2.24) is 0 Å². The highest BCUT2D eigenvalue weighted by Gasteiger charge is 2.41. The summed E-state index contributed by atoms with van der Waals surface area (Å²) in [6, 6.07) is 5.55. The summed E-state index contributed by atoms with van der Waals surface area (Å²) in [4.78, 5) is 13.0. The summed E-state index contributed by atoms with van der Waals surface area (Å²) in [6.07, 6.45) is 0.838. The van der Waals surface area contributed by atoms with Crippen molar-refractivity contribution in [2.45, 2.75) is 29.9 Å². The van der Waals surface area contributed by atoms with Crippen LogP contribution in [0.1, 0.15) is 30.6 Å². The Morgan fingerprint density at radius 3 is 2.79 bits per heavy atom. The second-order valence-corrected chi connectivity index (χ2v) is 5.25. The molecule has 0 radical (unpaired) electrons. The van der Waals surface area contributed by atoms with Gasteiger partial charge >= 0.3 is 0 Å². The number of fused-ring (bicyclic) bond motifs is 1. The molecule has 1 unspecified atom stereocenters. The van der Waals surface area contributed by atoms with Gasteiger partial charge in [-0.05, 0) is 19.4 Å². The normalized spacial score (nSPS) is 25.1. The monoisotopic (exact) mass is 207 g/mol. The molecule has 1 aromatic carbocycles. The van der Waals surface area contributed by atoms with Crippen LogP contribution in [-0.2, 0) is 0 Å². The van der Waals surface area contributed by atoms with Gasteiger partial charge in [-0.3, -0.25) is 4.79 Å². The van der Waals surface area contributed by atoms with Crippen molar-refractivity contribution in [3.63, 3.8) is 0 Å². The maximum absolute atomic E-state index is 12.0. The molecule has 0 bridgehead atoms. The number of carbonyl (C=O) groups excluding carboxylic acids is 1. The predicted molar refractivity (Wildman–Crippen MR) is 59.7 cm³/mol. The number of thioether (sulfide) groups is 1. The minimum atomic E-state index is -0.308. The van der Waals surface area contributed by atoms with E-state index in [9.17, 15) is 4.79 Å². The van der Waals surface area contributed by atoms with Gasteiger partial charge in [0.05, 0.1) is 4.75 Å². The zero-order chi connectivity index (χ0) is 10.3. The van der Waals surface area contributed by atoms with Crippen LogP contribution in [0.2, 0.25) is 0 Å². The Hall–Kier alpha value is -0.960. The summed E-state index contributed by atoms with van der Waals surface area (Å²) in [6.45, 7) is 4.02. The van der Waals surface area contributed by atoms with Crippen molar-refractivity contribution in [2.24, 2.45) is 0 Å². The number of hydrogen-bond acceptors (Lipinski definition) is 3. The van der Waals surface area contributed by atoms with Crippen LogP contribution in [0.4, 0.5) is 5.69 Å². The van der Waals surface area contributed by atoms with Gasteiger partial charge in [-0.2, -0.15) is 0 Å². The van der Waals surface area contributed by atoms with Crippen LogP contribution in [-0.4, -0.2) is 10.5 Å². The summed E-state index contributed by atoms with van der Waals surface area (Å²) < 4.78 is -0.308. The Labute approximate surface area is 87.9 Å². The second kappa shape index (κ2) is 3.02. The Morgan fingerprint density at radius 2 is 2.21 bits per heavy atom. The van der Waals surface area contributed by atoms with E-state index in [0.29, 0.717) is 0 Å². The van der Waals surface area contributed by atoms with Gasteiger partial charge in [-0.1, -0.05) is 19.1 Å². The van der Waals surface area contributed by atoms with Crippen molar-refractivity contribution in [3.05, 3.63) is 23.8 Å². The zero-order valence-corrected chi connectivity index (χ0v) is 9.15. The van der Waals surface area contributed by atoms with Crippen LogP contribution in [0, 0.1) is 0 Å². The maximum Gasteiger partial charge on any atom is 0.180 e. The van der Waals surface area contributed by atoms with Gasteiger partial charge in [-0.15, -0.1) is 11.8 Å². The molecule has 2 N–H and O–H groups in total. The fourth-order valence-corrected chi connectivity index (χ4v) is 2.89. The van der Waals surface area contributed by atoms with E-state index in [0.717, 1.165) is 22.6 Å². The molecule has 0 spiro atoms. The molecular formula is C11H13NOS. The molecule has 0 aromatic heterocycles. The number of carbonyl (C=O) groups is 1. The average Bonchev–Trinajstić information content (AvgIpc) is 2.44. The summed E-state index contributed by atoms with van der Waals surface area (Å²) >= 11 is 1.60. The molecule has 1 aromatic rings. The number of ketones is 1. The quantitative estimate of drug-likeness (QED) is 0.720. The van der Waals surface area contributed by atoms with Gasteiger partial charge in [-0.25, -0.2) is 0 Å². The Kier molecular flexibility index (Phi) is 2.07. The molecular weight excluding hydrogens is 194 g/mol. The van der Waals surface area contributed by atoms with E-state index in [1.807, 2.05) is 32.0 Å². The van der Waals surface area contributed by atoms with Crippen LogP contribution in [0.25, 0.3) is 0 Å². The molecule has 1 heterocycles. The summed E-state index contributed by atoms with van der Waals surface area (Å²) in [5, 5.41) is 0. The summed E-state index contributed by atoms with van der Waals surface area (Å²) in [7, 11) is 0. The van der Waals surface area contributed by atoms with Gasteiger partial charge in [0, 0.05) is 16.1 Å². The molecule has 14 heavy (non-hydrogen) atoms. The van der Waals surface area contributed by atoms with Crippen molar-refractivity contribution in [2.75, 3.05) is 5.73 Å². The average molecular weight is 207 g/mol. The van der Waals surface area contributed by atoms with Crippen LogP contribution in [0.3, 0.4) is 0 Å². The molecule has 1 aliphatic heterocycles. The standard InChI is InChI=1S/C11H13NOS/c1-3-11(2)10(13)7-5-4-6-8(12)9(7)14-11/h4-6H,3,12H2,1-2H3. The predicted octanol–water partition coefficient (Wildman–Crippen LogP) is 2.73. The number of rotatable bonds is 1. The van der Waals surface area contributed by atoms with Crippen LogP contribution >= 0.6 is 11.8 Å². The zero-order valence-electron chi connectivity index (χ0n) is 8.33. The number of anilines is 1. The SMILES string of the molecule is CCC1(C)Sc2c(N)cccc2C1=O. The lowest BCUT2D eigenvalue weighted by atomic mass is 9.96. The summed E-state index contributed by atoms with van der Waals surface area (Å²) in [5.41, 5.74) is 7.35. The lowest BCUT2D eigenvalue weighted by Crippen LogP contribution is -2.25.